The van der Waals surface area contributed by atoms with Crippen LogP contribution >= 0.6 is 0 Å². The number of carboxylic acids is 1. The lowest BCUT2D eigenvalue weighted by molar-refractivity contribution is -0.138. The van der Waals surface area contributed by atoms with Crippen LogP contribution in [-0.4, -0.2) is 54.9 Å². The fourth-order valence-corrected chi connectivity index (χ4v) is 5.49. The molecule has 4 rings (SSSR count). The van der Waals surface area contributed by atoms with Gasteiger partial charge in [0.05, 0.1) is 11.3 Å². The number of hydrogen-bond donors (Lipinski definition) is 1. The number of piperazine rings is 1. The SMILES string of the molecule is O=C(O)CC(c1ccccc1)N1CCN(S(=O)(=O)c2ccc3ccccc3c2)CC1. The molecule has 1 atom stereocenters. The van der Waals surface area contributed by atoms with Gasteiger partial charge in [0.2, 0.25) is 10.0 Å². The zero-order valence-corrected chi connectivity index (χ0v) is 17.3. The van der Waals surface area contributed by atoms with Gasteiger partial charge in [-0.1, -0.05) is 60.7 Å². The molecule has 30 heavy (non-hydrogen) atoms. The van der Waals surface area contributed by atoms with Crippen molar-refractivity contribution in [2.45, 2.75) is 17.4 Å². The summed E-state index contributed by atoms with van der Waals surface area (Å²) >= 11 is 0. The summed E-state index contributed by atoms with van der Waals surface area (Å²) in [6, 6.07) is 22.1. The molecule has 1 saturated heterocycles. The van der Waals surface area contributed by atoms with Gasteiger partial charge in [0.1, 0.15) is 0 Å². The van der Waals surface area contributed by atoms with E-state index in [0.717, 1.165) is 16.3 Å². The number of hydrogen-bond acceptors (Lipinski definition) is 4. The summed E-state index contributed by atoms with van der Waals surface area (Å²) in [5.41, 5.74) is 0.936. The molecule has 156 valence electrons. The zero-order valence-electron chi connectivity index (χ0n) is 16.5. The van der Waals surface area contributed by atoms with Gasteiger partial charge in [-0.15, -0.1) is 0 Å². The summed E-state index contributed by atoms with van der Waals surface area (Å²) < 4.78 is 27.8. The third-order valence-corrected chi connectivity index (χ3v) is 7.52. The smallest absolute Gasteiger partial charge is 0.305 e. The highest BCUT2D eigenvalue weighted by Gasteiger charge is 2.32. The molecular formula is C23H24N2O4S. The van der Waals surface area contributed by atoms with Crippen LogP contribution in [0.15, 0.2) is 77.7 Å². The van der Waals surface area contributed by atoms with Crippen molar-refractivity contribution in [1.29, 1.82) is 0 Å². The number of aliphatic carboxylic acids is 1. The topological polar surface area (TPSA) is 77.9 Å². The van der Waals surface area contributed by atoms with E-state index in [2.05, 4.69) is 4.90 Å². The van der Waals surface area contributed by atoms with Gasteiger partial charge in [-0.25, -0.2) is 8.42 Å². The minimum atomic E-state index is -3.60. The Labute approximate surface area is 176 Å². The van der Waals surface area contributed by atoms with Gasteiger partial charge >= 0.3 is 5.97 Å². The number of sulfonamides is 1. The van der Waals surface area contributed by atoms with Gasteiger partial charge in [0.15, 0.2) is 0 Å². The van der Waals surface area contributed by atoms with Crippen LogP contribution in [-0.2, 0) is 14.8 Å². The number of nitrogens with zero attached hydrogens (tertiary/aromatic N) is 2. The maximum atomic E-state index is 13.2. The van der Waals surface area contributed by atoms with Gasteiger partial charge in [0.25, 0.3) is 0 Å². The molecule has 0 spiro atoms. The second-order valence-corrected chi connectivity index (χ2v) is 9.41. The number of benzene rings is 3. The van der Waals surface area contributed by atoms with E-state index < -0.39 is 16.0 Å². The molecule has 3 aromatic rings. The van der Waals surface area contributed by atoms with Crippen molar-refractivity contribution in [2.75, 3.05) is 26.2 Å². The minimum Gasteiger partial charge on any atom is -0.481 e. The molecule has 0 saturated carbocycles. The second-order valence-electron chi connectivity index (χ2n) is 7.47. The maximum absolute atomic E-state index is 13.2. The van der Waals surface area contributed by atoms with E-state index in [1.54, 1.807) is 12.1 Å². The summed E-state index contributed by atoms with van der Waals surface area (Å²) in [5.74, 6) is -0.866. The number of carbonyl (C=O) groups is 1. The van der Waals surface area contributed by atoms with Crippen molar-refractivity contribution in [1.82, 2.24) is 9.21 Å². The predicted molar refractivity (Wildman–Crippen MR) is 116 cm³/mol. The standard InChI is InChI=1S/C23H24N2O4S/c26-23(27)17-22(19-7-2-1-3-8-19)24-12-14-25(15-13-24)30(28,29)21-11-10-18-6-4-5-9-20(18)16-21/h1-11,16,22H,12-15,17H2,(H,26,27). The van der Waals surface area contributed by atoms with E-state index in [1.807, 2.05) is 60.7 Å². The highest BCUT2D eigenvalue weighted by molar-refractivity contribution is 7.89. The lowest BCUT2D eigenvalue weighted by Gasteiger charge is -2.38. The molecule has 7 heteroatoms. The van der Waals surface area contributed by atoms with Crippen LogP contribution in [0.1, 0.15) is 18.0 Å². The fourth-order valence-electron chi connectivity index (χ4n) is 4.03. The molecule has 1 aliphatic rings. The molecule has 1 N–H and O–H groups in total. The first-order valence-corrected chi connectivity index (χ1v) is 11.4. The highest BCUT2D eigenvalue weighted by atomic mass is 32.2. The molecular weight excluding hydrogens is 400 g/mol. The van der Waals surface area contributed by atoms with E-state index in [9.17, 15) is 18.3 Å². The lowest BCUT2D eigenvalue weighted by atomic mass is 10.0. The fraction of sp³-hybridized carbons (Fsp3) is 0.261. The minimum absolute atomic E-state index is 0.0125. The molecule has 0 radical (unpaired) electrons. The van der Waals surface area contributed by atoms with Crippen LogP contribution in [0.5, 0.6) is 0 Å². The van der Waals surface area contributed by atoms with E-state index in [1.165, 1.54) is 4.31 Å². The Balaban J connectivity index is 1.51. The Morgan fingerprint density at radius 2 is 1.50 bits per heavy atom. The first-order valence-electron chi connectivity index (χ1n) is 9.95. The van der Waals surface area contributed by atoms with E-state index >= 15 is 0 Å². The Bertz CT molecular complexity index is 1140. The van der Waals surface area contributed by atoms with E-state index in [4.69, 9.17) is 0 Å². The Hall–Kier alpha value is -2.74. The number of carboxylic acid groups (broad SMARTS) is 1. The van der Waals surface area contributed by atoms with Gasteiger partial charge in [-0.3, -0.25) is 9.69 Å². The van der Waals surface area contributed by atoms with Gasteiger partial charge < -0.3 is 5.11 Å². The van der Waals surface area contributed by atoms with Gasteiger partial charge in [-0.05, 0) is 28.5 Å². The summed E-state index contributed by atoms with van der Waals surface area (Å²) in [6.45, 7) is 1.63. The normalized spacial score (nSPS) is 17.1. The third kappa shape index (κ3) is 4.23. The molecule has 1 fully saturated rings. The maximum Gasteiger partial charge on any atom is 0.305 e. The predicted octanol–water partition coefficient (Wildman–Crippen LogP) is 3.36. The van der Waals surface area contributed by atoms with Crippen molar-refractivity contribution in [3.05, 3.63) is 78.4 Å². The van der Waals surface area contributed by atoms with Crippen LogP contribution in [0.4, 0.5) is 0 Å². The number of fused-ring (bicyclic) bond motifs is 1. The third-order valence-electron chi connectivity index (χ3n) is 5.63. The molecule has 0 bridgehead atoms. The van der Waals surface area contributed by atoms with Crippen LogP contribution in [0, 0.1) is 0 Å². The van der Waals surface area contributed by atoms with Crippen LogP contribution in [0.25, 0.3) is 10.8 Å². The summed E-state index contributed by atoms with van der Waals surface area (Å²) in [6.07, 6.45) is -0.0125. The molecule has 0 aromatic heterocycles. The lowest BCUT2D eigenvalue weighted by Crippen LogP contribution is -2.49. The van der Waals surface area contributed by atoms with Crippen LogP contribution in [0.2, 0.25) is 0 Å². The summed E-state index contributed by atoms with van der Waals surface area (Å²) in [5, 5.41) is 11.3. The molecule has 0 aliphatic carbocycles. The summed E-state index contributed by atoms with van der Waals surface area (Å²) in [7, 11) is -3.60. The quantitative estimate of drug-likeness (QED) is 0.657. The molecule has 1 aliphatic heterocycles. The summed E-state index contributed by atoms with van der Waals surface area (Å²) in [4.78, 5) is 13.8. The second kappa shape index (κ2) is 8.55. The highest BCUT2D eigenvalue weighted by Crippen LogP contribution is 2.28. The van der Waals surface area contributed by atoms with Crippen molar-refractivity contribution in [3.63, 3.8) is 0 Å². The van der Waals surface area contributed by atoms with E-state index in [0.29, 0.717) is 31.1 Å². The molecule has 1 heterocycles. The van der Waals surface area contributed by atoms with Crippen LogP contribution in [0.3, 0.4) is 0 Å². The first-order chi connectivity index (χ1) is 14.4. The molecule has 0 amide bonds. The molecule has 6 nitrogen and oxygen atoms in total. The van der Waals surface area contributed by atoms with Crippen LogP contribution < -0.4 is 0 Å². The Kier molecular flexibility index (Phi) is 5.85. The molecule has 1 unspecified atom stereocenters. The average Bonchev–Trinajstić information content (AvgIpc) is 2.77. The molecule has 3 aromatic carbocycles. The number of rotatable bonds is 6. The zero-order chi connectivity index (χ0) is 21.1. The van der Waals surface area contributed by atoms with Crippen molar-refractivity contribution < 1.29 is 18.3 Å². The van der Waals surface area contributed by atoms with Crippen molar-refractivity contribution in [2.24, 2.45) is 0 Å². The van der Waals surface area contributed by atoms with Gasteiger partial charge in [0, 0.05) is 32.2 Å². The first kappa shape index (κ1) is 20.5. The van der Waals surface area contributed by atoms with Crippen molar-refractivity contribution in [3.8, 4) is 0 Å². The average molecular weight is 425 g/mol. The largest absolute Gasteiger partial charge is 0.481 e. The van der Waals surface area contributed by atoms with Crippen molar-refractivity contribution >= 4 is 26.8 Å². The monoisotopic (exact) mass is 424 g/mol. The van der Waals surface area contributed by atoms with Gasteiger partial charge in [-0.2, -0.15) is 4.31 Å². The van der Waals surface area contributed by atoms with E-state index in [-0.39, 0.29) is 12.5 Å². The Morgan fingerprint density at radius 3 is 2.17 bits per heavy atom. The Morgan fingerprint density at radius 1 is 0.867 bits per heavy atom.